The lowest BCUT2D eigenvalue weighted by Crippen LogP contribution is -2.24. The van der Waals surface area contributed by atoms with E-state index in [4.69, 9.17) is 5.26 Å². The van der Waals surface area contributed by atoms with E-state index in [1.54, 1.807) is 30.3 Å². The average Bonchev–Trinajstić information content (AvgIpc) is 2.73. The Morgan fingerprint density at radius 3 is 2.50 bits per heavy atom. The van der Waals surface area contributed by atoms with Crippen LogP contribution in [0.4, 0.5) is 5.69 Å². The van der Waals surface area contributed by atoms with Crippen LogP contribution in [0.5, 0.6) is 0 Å². The zero-order valence-electron chi connectivity index (χ0n) is 15.3. The molecule has 2 aromatic carbocycles. The van der Waals surface area contributed by atoms with E-state index < -0.39 is 5.91 Å². The van der Waals surface area contributed by atoms with Crippen LogP contribution in [0.1, 0.15) is 37.5 Å². The van der Waals surface area contributed by atoms with Crippen LogP contribution in [0, 0.1) is 18.3 Å². The molecule has 0 bridgehead atoms. The van der Waals surface area contributed by atoms with Gasteiger partial charge in [0.05, 0.1) is 11.6 Å². The molecule has 6 heteroatoms. The summed E-state index contributed by atoms with van der Waals surface area (Å²) in [4.78, 5) is 28.9. The molecule has 6 nitrogen and oxygen atoms in total. The minimum atomic E-state index is -0.432. The van der Waals surface area contributed by atoms with Crippen molar-refractivity contribution < 1.29 is 9.59 Å². The van der Waals surface area contributed by atoms with Crippen LogP contribution in [0.2, 0.25) is 0 Å². The monoisotopic (exact) mass is 370 g/mol. The number of pyridine rings is 1. The number of rotatable bonds is 5. The number of benzene rings is 2. The van der Waals surface area contributed by atoms with Crippen LogP contribution in [-0.2, 0) is 6.54 Å². The second-order valence-electron chi connectivity index (χ2n) is 6.18. The number of aromatic nitrogens is 1. The summed E-state index contributed by atoms with van der Waals surface area (Å²) < 4.78 is 0. The summed E-state index contributed by atoms with van der Waals surface area (Å²) in [5.74, 6) is -0.712. The number of nitrogens with one attached hydrogen (secondary N) is 2. The molecule has 0 unspecified atom stereocenters. The van der Waals surface area contributed by atoms with E-state index >= 15 is 0 Å². The van der Waals surface area contributed by atoms with Crippen LogP contribution >= 0.6 is 0 Å². The third kappa shape index (κ3) is 4.59. The van der Waals surface area contributed by atoms with Gasteiger partial charge in [-0.2, -0.15) is 5.26 Å². The smallest absolute Gasteiger partial charge is 0.274 e. The number of carbonyl (C=O) groups excluding carboxylic acids is 2. The zero-order valence-corrected chi connectivity index (χ0v) is 15.3. The Kier molecular flexibility index (Phi) is 5.78. The van der Waals surface area contributed by atoms with Crippen LogP contribution in [0.15, 0.2) is 66.9 Å². The Morgan fingerprint density at radius 2 is 1.79 bits per heavy atom. The van der Waals surface area contributed by atoms with E-state index in [0.29, 0.717) is 23.4 Å². The molecule has 2 amide bonds. The van der Waals surface area contributed by atoms with Gasteiger partial charge in [-0.25, -0.2) is 0 Å². The second-order valence-corrected chi connectivity index (χ2v) is 6.18. The van der Waals surface area contributed by atoms with Crippen molar-refractivity contribution in [3.05, 3.63) is 94.8 Å². The molecule has 1 heterocycles. The normalized spacial score (nSPS) is 10.0. The summed E-state index contributed by atoms with van der Waals surface area (Å²) in [5.41, 5.74) is 3.66. The Labute approximate surface area is 162 Å². The van der Waals surface area contributed by atoms with Gasteiger partial charge in [0, 0.05) is 24.0 Å². The van der Waals surface area contributed by atoms with Crippen molar-refractivity contribution in [1.82, 2.24) is 10.3 Å². The molecule has 0 saturated heterocycles. The average molecular weight is 370 g/mol. The molecule has 0 fully saturated rings. The topological polar surface area (TPSA) is 94.9 Å². The SMILES string of the molecule is Cc1ccccc1CNC(=O)c1ccnc(C(=O)Nc2ccc(C#N)cc2)c1. The van der Waals surface area contributed by atoms with Crippen molar-refractivity contribution >= 4 is 17.5 Å². The van der Waals surface area contributed by atoms with Crippen molar-refractivity contribution in [3.63, 3.8) is 0 Å². The van der Waals surface area contributed by atoms with Gasteiger partial charge in [-0.15, -0.1) is 0 Å². The number of carbonyl (C=O) groups is 2. The van der Waals surface area contributed by atoms with Gasteiger partial charge in [0.25, 0.3) is 11.8 Å². The molecular weight excluding hydrogens is 352 g/mol. The Bertz CT molecular complexity index is 1050. The molecular formula is C22H18N4O2. The molecule has 0 aliphatic heterocycles. The lowest BCUT2D eigenvalue weighted by molar-refractivity contribution is 0.0950. The molecule has 2 N–H and O–H groups in total. The first-order chi connectivity index (χ1) is 13.6. The van der Waals surface area contributed by atoms with Crippen molar-refractivity contribution in [2.75, 3.05) is 5.32 Å². The van der Waals surface area contributed by atoms with Crippen LogP contribution in [0.3, 0.4) is 0 Å². The fraction of sp³-hybridized carbons (Fsp3) is 0.0909. The summed E-state index contributed by atoms with van der Waals surface area (Å²) in [5, 5.41) is 14.4. The van der Waals surface area contributed by atoms with Gasteiger partial charge in [0.1, 0.15) is 5.69 Å². The number of aryl methyl sites for hydroxylation is 1. The maximum atomic E-state index is 12.4. The molecule has 1 aromatic heterocycles. The minimum Gasteiger partial charge on any atom is -0.348 e. The quantitative estimate of drug-likeness (QED) is 0.719. The molecule has 3 aromatic rings. The number of nitrogens with zero attached hydrogens (tertiary/aromatic N) is 2. The summed E-state index contributed by atoms with van der Waals surface area (Å²) in [6.45, 7) is 2.39. The zero-order chi connectivity index (χ0) is 19.9. The van der Waals surface area contributed by atoms with E-state index in [9.17, 15) is 9.59 Å². The highest BCUT2D eigenvalue weighted by Crippen LogP contribution is 2.11. The van der Waals surface area contributed by atoms with Crippen LogP contribution < -0.4 is 10.6 Å². The van der Waals surface area contributed by atoms with Crippen molar-refractivity contribution in [2.24, 2.45) is 0 Å². The minimum absolute atomic E-state index is 0.132. The van der Waals surface area contributed by atoms with Gasteiger partial charge in [-0.3, -0.25) is 14.6 Å². The lowest BCUT2D eigenvalue weighted by atomic mass is 10.1. The van der Waals surface area contributed by atoms with E-state index in [-0.39, 0.29) is 11.6 Å². The Hall–Kier alpha value is -3.98. The number of hydrogen-bond donors (Lipinski definition) is 2. The highest BCUT2D eigenvalue weighted by atomic mass is 16.2. The molecule has 138 valence electrons. The lowest BCUT2D eigenvalue weighted by Gasteiger charge is -2.09. The first kappa shape index (κ1) is 18.8. The largest absolute Gasteiger partial charge is 0.348 e. The molecule has 0 saturated carbocycles. The second kappa shape index (κ2) is 8.60. The fourth-order valence-electron chi connectivity index (χ4n) is 2.61. The summed E-state index contributed by atoms with van der Waals surface area (Å²) in [6, 6.07) is 19.3. The molecule has 0 radical (unpaired) electrons. The molecule has 28 heavy (non-hydrogen) atoms. The van der Waals surface area contributed by atoms with Gasteiger partial charge in [0.2, 0.25) is 0 Å². The molecule has 0 aliphatic carbocycles. The first-order valence-electron chi connectivity index (χ1n) is 8.67. The standard InChI is InChI=1S/C22H18N4O2/c1-15-4-2-3-5-18(15)14-25-21(27)17-10-11-24-20(12-17)22(28)26-19-8-6-16(13-23)7-9-19/h2-12H,14H2,1H3,(H,25,27)(H,26,28). The third-order valence-corrected chi connectivity index (χ3v) is 4.23. The van der Waals surface area contributed by atoms with Crippen LogP contribution in [0.25, 0.3) is 0 Å². The summed E-state index contributed by atoms with van der Waals surface area (Å²) in [6.07, 6.45) is 1.43. The number of nitriles is 1. The van der Waals surface area contributed by atoms with Crippen molar-refractivity contribution in [3.8, 4) is 6.07 Å². The van der Waals surface area contributed by atoms with Gasteiger partial charge in [-0.1, -0.05) is 24.3 Å². The molecule has 0 aliphatic rings. The van der Waals surface area contributed by atoms with Gasteiger partial charge < -0.3 is 10.6 Å². The van der Waals surface area contributed by atoms with E-state index in [1.165, 1.54) is 12.3 Å². The van der Waals surface area contributed by atoms with Gasteiger partial charge >= 0.3 is 0 Å². The maximum absolute atomic E-state index is 12.4. The summed E-state index contributed by atoms with van der Waals surface area (Å²) in [7, 11) is 0. The highest BCUT2D eigenvalue weighted by molar-refractivity contribution is 6.04. The van der Waals surface area contributed by atoms with E-state index in [2.05, 4.69) is 15.6 Å². The fourth-order valence-corrected chi connectivity index (χ4v) is 2.61. The van der Waals surface area contributed by atoms with E-state index in [0.717, 1.165) is 11.1 Å². The molecule has 3 rings (SSSR count). The predicted molar refractivity (Wildman–Crippen MR) is 106 cm³/mol. The van der Waals surface area contributed by atoms with Gasteiger partial charge in [-0.05, 0) is 54.4 Å². The van der Waals surface area contributed by atoms with Crippen molar-refractivity contribution in [2.45, 2.75) is 13.5 Å². The van der Waals surface area contributed by atoms with E-state index in [1.807, 2.05) is 37.3 Å². The number of hydrogen-bond acceptors (Lipinski definition) is 4. The number of amides is 2. The maximum Gasteiger partial charge on any atom is 0.274 e. The summed E-state index contributed by atoms with van der Waals surface area (Å²) >= 11 is 0. The third-order valence-electron chi connectivity index (χ3n) is 4.23. The first-order valence-corrected chi connectivity index (χ1v) is 8.67. The van der Waals surface area contributed by atoms with Gasteiger partial charge in [0.15, 0.2) is 0 Å². The van der Waals surface area contributed by atoms with Crippen LogP contribution in [-0.4, -0.2) is 16.8 Å². The molecule has 0 spiro atoms. The molecule has 0 atom stereocenters. The Balaban J connectivity index is 1.67. The van der Waals surface area contributed by atoms with Crippen molar-refractivity contribution in [1.29, 1.82) is 5.26 Å². The highest BCUT2D eigenvalue weighted by Gasteiger charge is 2.12. The number of anilines is 1. The predicted octanol–water partition coefficient (Wildman–Crippen LogP) is 3.44. The Morgan fingerprint density at radius 1 is 1.04 bits per heavy atom.